The van der Waals surface area contributed by atoms with Crippen LogP contribution >= 0.6 is 24.0 Å². The molecule has 0 aliphatic rings. The molecule has 31 heavy (non-hydrogen) atoms. The van der Waals surface area contributed by atoms with E-state index >= 15 is 0 Å². The van der Waals surface area contributed by atoms with E-state index in [9.17, 15) is 5.11 Å². The Bertz CT molecular complexity index is 1030. The van der Waals surface area contributed by atoms with Crippen molar-refractivity contribution in [2.24, 2.45) is 12.0 Å². The number of guanidine groups is 1. The lowest BCUT2D eigenvalue weighted by Crippen LogP contribution is -2.44. The number of aromatic nitrogens is 3. The van der Waals surface area contributed by atoms with Crippen LogP contribution in [0.25, 0.3) is 10.9 Å². The Labute approximate surface area is 200 Å². The van der Waals surface area contributed by atoms with E-state index in [2.05, 4.69) is 27.9 Å². The van der Waals surface area contributed by atoms with Crippen LogP contribution in [0.15, 0.2) is 47.7 Å². The van der Waals surface area contributed by atoms with Gasteiger partial charge >= 0.3 is 0 Å². The largest absolute Gasteiger partial charge is 0.383 e. The average Bonchev–Trinajstić information content (AvgIpc) is 3.17. The molecular weight excluding hydrogens is 505 g/mol. The molecule has 0 bridgehead atoms. The van der Waals surface area contributed by atoms with E-state index in [1.807, 2.05) is 57.4 Å². The molecule has 168 valence electrons. The fraction of sp³-hybridized carbons (Fsp3) is 0.409. The van der Waals surface area contributed by atoms with Gasteiger partial charge in [0.05, 0.1) is 24.8 Å². The first-order chi connectivity index (χ1) is 14.3. The maximum atomic E-state index is 10.8. The number of aryl methyl sites for hydroxylation is 1. The number of aliphatic hydroxyl groups is 1. The van der Waals surface area contributed by atoms with Crippen molar-refractivity contribution in [1.29, 1.82) is 0 Å². The van der Waals surface area contributed by atoms with Crippen LogP contribution in [0.5, 0.6) is 0 Å². The monoisotopic (exact) mass is 537 g/mol. The molecule has 0 spiro atoms. The summed E-state index contributed by atoms with van der Waals surface area (Å²) in [5.74, 6) is 1.55. The Morgan fingerprint density at radius 3 is 2.65 bits per heavy atom. The fourth-order valence-electron chi connectivity index (χ4n) is 3.16. The highest BCUT2D eigenvalue weighted by Gasteiger charge is 2.25. The molecule has 0 radical (unpaired) electrons. The van der Waals surface area contributed by atoms with E-state index < -0.39 is 5.60 Å². The Kier molecular flexibility index (Phi) is 8.63. The summed E-state index contributed by atoms with van der Waals surface area (Å²) in [5, 5.41) is 22.6. The molecular formula is C22H32IN7O. The first-order valence-electron chi connectivity index (χ1n) is 10.1. The molecule has 1 unspecified atom stereocenters. The molecule has 1 atom stereocenters. The highest BCUT2D eigenvalue weighted by Crippen LogP contribution is 2.23. The topological polar surface area (TPSA) is 90.6 Å². The van der Waals surface area contributed by atoms with Gasteiger partial charge in [-0.25, -0.2) is 9.98 Å². The van der Waals surface area contributed by atoms with Crippen molar-refractivity contribution in [2.45, 2.75) is 26.0 Å². The van der Waals surface area contributed by atoms with Gasteiger partial charge in [-0.2, -0.15) is 5.10 Å². The van der Waals surface area contributed by atoms with Gasteiger partial charge in [-0.1, -0.05) is 18.2 Å². The number of fused-ring (bicyclic) bond motifs is 1. The van der Waals surface area contributed by atoms with E-state index in [1.165, 1.54) is 0 Å². The number of aliphatic imine (C=N–C) groups is 1. The average molecular weight is 537 g/mol. The highest BCUT2D eigenvalue weighted by molar-refractivity contribution is 14.0. The molecule has 0 aliphatic heterocycles. The Hall–Kier alpha value is -2.40. The second-order valence-electron chi connectivity index (χ2n) is 7.78. The van der Waals surface area contributed by atoms with Crippen molar-refractivity contribution in [3.8, 4) is 0 Å². The first-order valence-corrected chi connectivity index (χ1v) is 10.1. The molecule has 0 saturated carbocycles. The number of rotatable bonds is 7. The summed E-state index contributed by atoms with van der Waals surface area (Å²) < 4.78 is 1.68. The lowest BCUT2D eigenvalue weighted by Gasteiger charge is -2.23. The van der Waals surface area contributed by atoms with Crippen molar-refractivity contribution in [3.63, 3.8) is 0 Å². The molecule has 3 aromatic rings. The van der Waals surface area contributed by atoms with Crippen LogP contribution in [0.3, 0.4) is 0 Å². The van der Waals surface area contributed by atoms with Crippen LogP contribution in [0.2, 0.25) is 0 Å². The molecule has 0 amide bonds. The van der Waals surface area contributed by atoms with Crippen LogP contribution in [0, 0.1) is 0 Å². The van der Waals surface area contributed by atoms with Crippen molar-refractivity contribution < 1.29 is 5.11 Å². The molecule has 8 nitrogen and oxygen atoms in total. The molecule has 0 saturated heterocycles. The third-order valence-corrected chi connectivity index (χ3v) is 4.93. The molecule has 3 N–H and O–H groups in total. The number of benzene rings is 1. The minimum Gasteiger partial charge on any atom is -0.383 e. The predicted octanol–water partition coefficient (Wildman–Crippen LogP) is 2.62. The third kappa shape index (κ3) is 6.30. The van der Waals surface area contributed by atoms with Crippen LogP contribution in [0.1, 0.15) is 25.0 Å². The van der Waals surface area contributed by atoms with E-state index in [0.29, 0.717) is 19.0 Å². The lowest BCUT2D eigenvalue weighted by atomic mass is 10.00. The quantitative estimate of drug-likeness (QED) is 0.244. The van der Waals surface area contributed by atoms with Gasteiger partial charge in [0.1, 0.15) is 11.4 Å². The van der Waals surface area contributed by atoms with Crippen LogP contribution < -0.4 is 15.5 Å². The number of hydrogen-bond acceptors (Lipinski definition) is 5. The van der Waals surface area contributed by atoms with Crippen LogP contribution in [0.4, 0.5) is 5.82 Å². The van der Waals surface area contributed by atoms with Crippen molar-refractivity contribution >= 4 is 46.7 Å². The number of halogens is 1. The fourth-order valence-corrected chi connectivity index (χ4v) is 3.16. The summed E-state index contributed by atoms with van der Waals surface area (Å²) in [6, 6.07) is 10.2. The molecule has 2 aromatic heterocycles. The zero-order chi connectivity index (χ0) is 21.7. The summed E-state index contributed by atoms with van der Waals surface area (Å²) in [6.07, 6.45) is 3.50. The molecule has 2 heterocycles. The predicted molar refractivity (Wildman–Crippen MR) is 137 cm³/mol. The van der Waals surface area contributed by atoms with Crippen molar-refractivity contribution in [2.75, 3.05) is 32.1 Å². The van der Waals surface area contributed by atoms with Gasteiger partial charge in [0.15, 0.2) is 5.96 Å². The normalized spacial score (nSPS) is 13.4. The minimum atomic E-state index is -1.06. The number of nitrogens with one attached hydrogen (secondary N) is 2. The van der Waals surface area contributed by atoms with Crippen LogP contribution in [-0.2, 0) is 19.2 Å². The van der Waals surface area contributed by atoms with Gasteiger partial charge in [-0.3, -0.25) is 4.68 Å². The maximum Gasteiger partial charge on any atom is 0.191 e. The Balaban J connectivity index is 0.00000341. The highest BCUT2D eigenvalue weighted by atomic mass is 127. The van der Waals surface area contributed by atoms with Crippen molar-refractivity contribution in [1.82, 2.24) is 25.4 Å². The van der Waals surface area contributed by atoms with Crippen LogP contribution in [-0.4, -0.2) is 53.0 Å². The lowest BCUT2D eigenvalue weighted by molar-refractivity contribution is 0.0616. The Morgan fingerprint density at radius 1 is 1.26 bits per heavy atom. The number of para-hydroxylation sites is 1. The second kappa shape index (κ2) is 10.8. The van der Waals surface area contributed by atoms with Gasteiger partial charge in [0, 0.05) is 44.8 Å². The molecule has 0 fully saturated rings. The molecule has 1 aromatic carbocycles. The maximum absolute atomic E-state index is 10.8. The summed E-state index contributed by atoms with van der Waals surface area (Å²) in [4.78, 5) is 11.5. The number of nitrogens with zero attached hydrogens (tertiary/aromatic N) is 5. The van der Waals surface area contributed by atoms with E-state index in [0.717, 1.165) is 34.4 Å². The number of hydrogen-bond donors (Lipinski definition) is 3. The standard InChI is InChI=1S/C22H31N7O.HI/c1-6-23-21(25-15-22(2,30)17-13-26-29(5)14-17)24-12-16-11-20(28(3)4)27-19-10-8-7-9-18(16)19;/h7-11,13-14,30H,6,12,15H2,1-5H3,(H2,23,24,25);1H. The first kappa shape index (κ1) is 24.9. The van der Waals surface area contributed by atoms with Crippen molar-refractivity contribution in [3.05, 3.63) is 53.9 Å². The van der Waals surface area contributed by atoms with Gasteiger partial charge in [-0.05, 0) is 31.5 Å². The number of anilines is 1. The van der Waals surface area contributed by atoms with Gasteiger partial charge in [0.2, 0.25) is 0 Å². The zero-order valence-corrected chi connectivity index (χ0v) is 21.1. The minimum absolute atomic E-state index is 0. The molecule has 3 rings (SSSR count). The van der Waals surface area contributed by atoms with E-state index in [-0.39, 0.29) is 24.0 Å². The summed E-state index contributed by atoms with van der Waals surface area (Å²) in [5.41, 5.74) is 1.74. The zero-order valence-electron chi connectivity index (χ0n) is 18.8. The second-order valence-corrected chi connectivity index (χ2v) is 7.78. The molecule has 9 heteroatoms. The van der Waals surface area contributed by atoms with Gasteiger partial charge in [0.25, 0.3) is 0 Å². The third-order valence-electron chi connectivity index (χ3n) is 4.93. The van der Waals surface area contributed by atoms with Gasteiger partial charge < -0.3 is 20.6 Å². The number of pyridine rings is 1. The smallest absolute Gasteiger partial charge is 0.191 e. The SMILES string of the molecule is CCNC(=NCc1cc(N(C)C)nc2ccccc12)NCC(C)(O)c1cnn(C)c1.I. The summed E-state index contributed by atoms with van der Waals surface area (Å²) in [6.45, 7) is 5.31. The van der Waals surface area contributed by atoms with E-state index in [4.69, 9.17) is 9.98 Å². The molecule has 0 aliphatic carbocycles. The summed E-state index contributed by atoms with van der Waals surface area (Å²) in [7, 11) is 5.80. The summed E-state index contributed by atoms with van der Waals surface area (Å²) >= 11 is 0. The van der Waals surface area contributed by atoms with Gasteiger partial charge in [-0.15, -0.1) is 24.0 Å². The van der Waals surface area contributed by atoms with E-state index in [1.54, 1.807) is 17.8 Å². The Morgan fingerprint density at radius 2 is 2.00 bits per heavy atom.